The smallest absolute Gasteiger partial charge is 0.394 e. The molecule has 0 aromatic heterocycles. The van der Waals surface area contributed by atoms with Crippen LogP contribution >= 0.6 is 0 Å². The molecule has 0 bridgehead atoms. The Hall–Kier alpha value is -1.02. The summed E-state index contributed by atoms with van der Waals surface area (Å²) in [5, 5.41) is 0. The van der Waals surface area contributed by atoms with Gasteiger partial charge >= 0.3 is 12.1 Å². The molecule has 9 heteroatoms. The zero-order valence-electron chi connectivity index (χ0n) is 12.5. The summed E-state index contributed by atoms with van der Waals surface area (Å²) in [6, 6.07) is 0. The molecular formula is C13H19F7O2. The topological polar surface area (TPSA) is 26.3 Å². The molecule has 0 N–H and O–H groups in total. The minimum atomic E-state index is -5.24. The van der Waals surface area contributed by atoms with E-state index < -0.39 is 55.3 Å². The van der Waals surface area contributed by atoms with Crippen molar-refractivity contribution >= 4 is 5.97 Å². The molecule has 2 nitrogen and oxygen atoms in total. The molecule has 0 aliphatic heterocycles. The van der Waals surface area contributed by atoms with Gasteiger partial charge in [0.05, 0.1) is 18.4 Å². The first-order valence-electron chi connectivity index (χ1n) is 6.60. The van der Waals surface area contributed by atoms with Crippen LogP contribution in [-0.2, 0) is 9.53 Å². The van der Waals surface area contributed by atoms with Gasteiger partial charge in [-0.25, -0.2) is 17.6 Å². The van der Waals surface area contributed by atoms with E-state index in [1.54, 1.807) is 6.92 Å². The first-order chi connectivity index (χ1) is 9.60. The summed E-state index contributed by atoms with van der Waals surface area (Å²) in [6.45, 7) is 3.88. The van der Waals surface area contributed by atoms with Crippen molar-refractivity contribution in [2.45, 2.75) is 64.5 Å². The second-order valence-corrected chi connectivity index (χ2v) is 5.80. The Balaban J connectivity index is 4.45. The van der Waals surface area contributed by atoms with Gasteiger partial charge in [0.1, 0.15) is 6.42 Å². The van der Waals surface area contributed by atoms with Crippen LogP contribution in [0, 0.1) is 5.41 Å². The lowest BCUT2D eigenvalue weighted by molar-refractivity contribution is -0.207. The number of halogens is 7. The normalized spacial score (nSPS) is 14.1. The summed E-state index contributed by atoms with van der Waals surface area (Å²) < 4.78 is 92.6. The molecular weight excluding hydrogens is 321 g/mol. The monoisotopic (exact) mass is 340 g/mol. The Morgan fingerprint density at radius 1 is 0.909 bits per heavy atom. The highest BCUT2D eigenvalue weighted by Crippen LogP contribution is 2.40. The van der Waals surface area contributed by atoms with Gasteiger partial charge in [-0.3, -0.25) is 4.79 Å². The zero-order chi connectivity index (χ0) is 17.8. The fourth-order valence-electron chi connectivity index (χ4n) is 1.46. The van der Waals surface area contributed by atoms with E-state index >= 15 is 0 Å². The molecule has 0 saturated heterocycles. The third kappa shape index (κ3) is 8.43. The molecule has 0 amide bonds. The Kier molecular flexibility index (Phi) is 6.71. The maximum Gasteiger partial charge on any atom is 0.394 e. The van der Waals surface area contributed by atoms with E-state index in [1.807, 2.05) is 0 Å². The summed E-state index contributed by atoms with van der Waals surface area (Å²) in [5.74, 6) is -9.41. The third-order valence-corrected chi connectivity index (χ3v) is 3.11. The van der Waals surface area contributed by atoms with E-state index in [0.717, 1.165) is 0 Å². The van der Waals surface area contributed by atoms with Crippen LogP contribution in [0.2, 0.25) is 0 Å². The van der Waals surface area contributed by atoms with E-state index in [-0.39, 0.29) is 0 Å². The fraction of sp³-hybridized carbons (Fsp3) is 0.923. The predicted octanol–water partition coefficient (Wildman–Crippen LogP) is 4.97. The number of ether oxygens (including phenoxy) is 1. The molecule has 0 saturated carbocycles. The summed E-state index contributed by atoms with van der Waals surface area (Å²) in [7, 11) is 0. The quantitative estimate of drug-likeness (QED) is 0.461. The lowest BCUT2D eigenvalue weighted by Crippen LogP contribution is -2.35. The molecule has 0 aliphatic rings. The molecule has 0 atom stereocenters. The van der Waals surface area contributed by atoms with Crippen molar-refractivity contribution in [1.82, 2.24) is 0 Å². The van der Waals surface area contributed by atoms with Crippen LogP contribution in [0.25, 0.3) is 0 Å². The predicted molar refractivity (Wildman–Crippen MR) is 64.8 cm³/mol. The lowest BCUT2D eigenvalue weighted by Gasteiger charge is -2.25. The van der Waals surface area contributed by atoms with Crippen molar-refractivity contribution in [3.8, 4) is 0 Å². The summed E-state index contributed by atoms with van der Waals surface area (Å²) in [5.41, 5.74) is -0.907. The molecule has 0 radical (unpaired) electrons. The highest BCUT2D eigenvalue weighted by Gasteiger charge is 2.49. The highest BCUT2D eigenvalue weighted by molar-refractivity contribution is 5.75. The van der Waals surface area contributed by atoms with E-state index in [4.69, 9.17) is 0 Å². The molecule has 0 aliphatic carbocycles. The standard InChI is InChI=1S/C13H19F7O2/c1-4-10(2,3)9(21)22-6-5-11(14,15)7-12(16,17)8-13(18,19)20/h4-8H2,1-3H3. The van der Waals surface area contributed by atoms with Gasteiger partial charge in [0, 0.05) is 6.42 Å². The van der Waals surface area contributed by atoms with Crippen molar-refractivity contribution in [3.05, 3.63) is 0 Å². The molecule has 22 heavy (non-hydrogen) atoms. The lowest BCUT2D eigenvalue weighted by atomic mass is 9.91. The molecule has 0 rings (SSSR count). The van der Waals surface area contributed by atoms with Crippen LogP contribution < -0.4 is 0 Å². The molecule has 0 aromatic carbocycles. The first-order valence-corrected chi connectivity index (χ1v) is 6.60. The van der Waals surface area contributed by atoms with Gasteiger partial charge in [-0.2, -0.15) is 13.2 Å². The number of hydrogen-bond acceptors (Lipinski definition) is 2. The molecule has 0 fully saturated rings. The van der Waals surface area contributed by atoms with Gasteiger partial charge < -0.3 is 4.74 Å². The highest BCUT2D eigenvalue weighted by atomic mass is 19.4. The van der Waals surface area contributed by atoms with Crippen molar-refractivity contribution in [1.29, 1.82) is 0 Å². The Bertz CT molecular complexity index is 375. The Morgan fingerprint density at radius 3 is 1.82 bits per heavy atom. The molecule has 0 unspecified atom stereocenters. The number of rotatable bonds is 8. The van der Waals surface area contributed by atoms with Crippen LogP contribution in [-0.4, -0.2) is 30.6 Å². The average Bonchev–Trinajstić information content (AvgIpc) is 2.23. The third-order valence-electron chi connectivity index (χ3n) is 3.11. The van der Waals surface area contributed by atoms with E-state index in [1.165, 1.54) is 13.8 Å². The average molecular weight is 340 g/mol. The number of alkyl halides is 7. The van der Waals surface area contributed by atoms with Crippen molar-refractivity contribution in [3.63, 3.8) is 0 Å². The maximum atomic E-state index is 13.3. The zero-order valence-corrected chi connectivity index (χ0v) is 12.5. The van der Waals surface area contributed by atoms with Gasteiger partial charge in [-0.05, 0) is 20.3 Å². The molecule has 0 spiro atoms. The number of esters is 1. The summed E-state index contributed by atoms with van der Waals surface area (Å²) >= 11 is 0. The van der Waals surface area contributed by atoms with Gasteiger partial charge in [-0.15, -0.1) is 0 Å². The molecule has 0 aromatic rings. The first kappa shape index (κ1) is 21.0. The van der Waals surface area contributed by atoms with Crippen molar-refractivity contribution < 1.29 is 40.3 Å². The van der Waals surface area contributed by atoms with Crippen LogP contribution in [0.4, 0.5) is 30.7 Å². The molecule has 0 heterocycles. The van der Waals surface area contributed by atoms with Gasteiger partial charge in [0.15, 0.2) is 0 Å². The van der Waals surface area contributed by atoms with Crippen molar-refractivity contribution in [2.24, 2.45) is 5.41 Å². The van der Waals surface area contributed by atoms with Crippen molar-refractivity contribution in [2.75, 3.05) is 6.61 Å². The summed E-state index contributed by atoms with van der Waals surface area (Å²) in [4.78, 5) is 11.5. The number of carbonyl (C=O) groups excluding carboxylic acids is 1. The second-order valence-electron chi connectivity index (χ2n) is 5.80. The largest absolute Gasteiger partial charge is 0.465 e. The van der Waals surface area contributed by atoms with Gasteiger partial charge in [-0.1, -0.05) is 6.92 Å². The second kappa shape index (κ2) is 7.04. The van der Waals surface area contributed by atoms with Gasteiger partial charge in [0.25, 0.3) is 11.8 Å². The van der Waals surface area contributed by atoms with Gasteiger partial charge in [0.2, 0.25) is 0 Å². The van der Waals surface area contributed by atoms with E-state index in [2.05, 4.69) is 4.74 Å². The van der Waals surface area contributed by atoms with Crippen LogP contribution in [0.5, 0.6) is 0 Å². The van der Waals surface area contributed by atoms with Crippen LogP contribution in [0.15, 0.2) is 0 Å². The van der Waals surface area contributed by atoms with E-state index in [9.17, 15) is 35.5 Å². The Morgan fingerprint density at radius 2 is 1.41 bits per heavy atom. The minimum Gasteiger partial charge on any atom is -0.465 e. The fourth-order valence-corrected chi connectivity index (χ4v) is 1.46. The maximum absolute atomic E-state index is 13.3. The number of carbonyl (C=O) groups is 1. The molecule has 132 valence electrons. The SMILES string of the molecule is CCC(C)(C)C(=O)OCCC(F)(F)CC(F)(F)CC(F)(F)F. The van der Waals surface area contributed by atoms with E-state index in [0.29, 0.717) is 6.42 Å². The minimum absolute atomic E-state index is 0.381. The summed E-state index contributed by atoms with van der Waals surface area (Å²) in [6.07, 6.45) is -11.0. The van der Waals surface area contributed by atoms with Crippen LogP contribution in [0.1, 0.15) is 46.5 Å². The number of hydrogen-bond donors (Lipinski definition) is 0. The Labute approximate surface area is 124 Å². The van der Waals surface area contributed by atoms with Crippen LogP contribution in [0.3, 0.4) is 0 Å².